The van der Waals surface area contributed by atoms with Crippen LogP contribution in [-0.2, 0) is 5.41 Å². The van der Waals surface area contributed by atoms with Gasteiger partial charge in [0.05, 0.1) is 5.56 Å². The summed E-state index contributed by atoms with van der Waals surface area (Å²) in [5.41, 5.74) is 1.84. The van der Waals surface area contributed by atoms with Gasteiger partial charge >= 0.3 is 6.03 Å². The SMILES string of the molecule is CNc1ncncc1C#Cc1cccc(NC(=O)Nc2cc(C(C)(C)C)on2)c1. The predicted molar refractivity (Wildman–Crippen MR) is 112 cm³/mol. The first-order valence-electron chi connectivity index (χ1n) is 9.00. The van der Waals surface area contributed by atoms with Gasteiger partial charge in [-0.1, -0.05) is 43.8 Å². The minimum Gasteiger partial charge on any atom is -0.372 e. The van der Waals surface area contributed by atoms with Gasteiger partial charge in [-0.2, -0.15) is 0 Å². The normalized spacial score (nSPS) is 10.6. The van der Waals surface area contributed by atoms with Gasteiger partial charge in [-0.15, -0.1) is 0 Å². The summed E-state index contributed by atoms with van der Waals surface area (Å²) < 4.78 is 5.27. The second-order valence-electron chi connectivity index (χ2n) is 7.27. The monoisotopic (exact) mass is 390 g/mol. The molecule has 8 heteroatoms. The Hall–Kier alpha value is -3.86. The van der Waals surface area contributed by atoms with Crippen LogP contribution in [0.15, 0.2) is 47.4 Å². The fourth-order valence-electron chi connectivity index (χ4n) is 2.40. The number of amides is 2. The van der Waals surface area contributed by atoms with Gasteiger partial charge < -0.3 is 15.2 Å². The molecule has 2 aromatic heterocycles. The Labute approximate surface area is 169 Å². The molecular formula is C21H22N6O2. The maximum absolute atomic E-state index is 12.3. The van der Waals surface area contributed by atoms with Crippen molar-refractivity contribution in [3.63, 3.8) is 0 Å². The molecule has 1 aromatic carbocycles. The number of rotatable bonds is 3. The third-order valence-corrected chi connectivity index (χ3v) is 3.90. The number of anilines is 3. The van der Waals surface area contributed by atoms with Gasteiger partial charge in [0.15, 0.2) is 5.82 Å². The highest BCUT2D eigenvalue weighted by Crippen LogP contribution is 2.24. The molecule has 0 aliphatic rings. The number of carbonyl (C=O) groups excluding carboxylic acids is 1. The molecule has 0 spiro atoms. The van der Waals surface area contributed by atoms with Crippen molar-refractivity contribution in [3.05, 3.63) is 59.7 Å². The van der Waals surface area contributed by atoms with E-state index in [1.807, 2.05) is 32.9 Å². The fourth-order valence-corrected chi connectivity index (χ4v) is 2.40. The number of aromatic nitrogens is 3. The average Bonchev–Trinajstić information content (AvgIpc) is 3.15. The standard InChI is InChI=1S/C21H22N6O2/c1-21(2,3)17-11-18(27-29-17)26-20(28)25-16-7-5-6-14(10-16)8-9-15-12-23-13-24-19(15)22-4/h5-7,10-13H,1-4H3,(H,22,23,24)(H2,25,26,27,28). The van der Waals surface area contributed by atoms with Crippen LogP contribution in [0.5, 0.6) is 0 Å². The van der Waals surface area contributed by atoms with E-state index in [9.17, 15) is 4.79 Å². The minimum atomic E-state index is -0.419. The van der Waals surface area contributed by atoms with Crippen LogP contribution in [0, 0.1) is 11.8 Å². The number of hydrogen-bond acceptors (Lipinski definition) is 6. The second kappa shape index (κ2) is 8.44. The van der Waals surface area contributed by atoms with Gasteiger partial charge in [0.1, 0.15) is 17.9 Å². The zero-order valence-corrected chi connectivity index (χ0v) is 16.7. The van der Waals surface area contributed by atoms with E-state index in [4.69, 9.17) is 4.52 Å². The molecule has 0 saturated carbocycles. The number of nitrogens with zero attached hydrogens (tertiary/aromatic N) is 3. The van der Waals surface area contributed by atoms with Crippen molar-refractivity contribution < 1.29 is 9.32 Å². The van der Waals surface area contributed by atoms with E-state index in [0.717, 1.165) is 5.56 Å². The summed E-state index contributed by atoms with van der Waals surface area (Å²) in [6.07, 6.45) is 3.10. The summed E-state index contributed by atoms with van der Waals surface area (Å²) in [6.45, 7) is 6.01. The largest absolute Gasteiger partial charge is 0.372 e. The summed E-state index contributed by atoms with van der Waals surface area (Å²) in [7, 11) is 1.77. The fraction of sp³-hybridized carbons (Fsp3) is 0.238. The third kappa shape index (κ3) is 5.32. The lowest BCUT2D eigenvalue weighted by molar-refractivity contribution is 0.262. The van der Waals surface area contributed by atoms with E-state index >= 15 is 0 Å². The van der Waals surface area contributed by atoms with Crippen LogP contribution >= 0.6 is 0 Å². The minimum absolute atomic E-state index is 0.187. The first-order chi connectivity index (χ1) is 13.8. The number of carbonyl (C=O) groups is 1. The highest BCUT2D eigenvalue weighted by atomic mass is 16.5. The number of hydrogen-bond donors (Lipinski definition) is 3. The quantitative estimate of drug-likeness (QED) is 0.587. The highest BCUT2D eigenvalue weighted by Gasteiger charge is 2.20. The molecule has 8 nitrogen and oxygen atoms in total. The molecule has 3 aromatic rings. The van der Waals surface area contributed by atoms with Crippen LogP contribution in [0.1, 0.15) is 37.7 Å². The Balaban J connectivity index is 1.68. The van der Waals surface area contributed by atoms with Crippen molar-refractivity contribution in [3.8, 4) is 11.8 Å². The molecule has 3 N–H and O–H groups in total. The molecule has 2 amide bonds. The molecule has 148 valence electrons. The Morgan fingerprint density at radius 3 is 2.69 bits per heavy atom. The highest BCUT2D eigenvalue weighted by molar-refractivity contribution is 5.99. The van der Waals surface area contributed by atoms with Crippen molar-refractivity contribution in [2.45, 2.75) is 26.2 Å². The zero-order chi connectivity index (χ0) is 20.9. The Morgan fingerprint density at radius 1 is 1.14 bits per heavy atom. The molecule has 0 atom stereocenters. The van der Waals surface area contributed by atoms with Crippen LogP contribution in [0.25, 0.3) is 0 Å². The van der Waals surface area contributed by atoms with Crippen molar-refractivity contribution >= 4 is 23.4 Å². The average molecular weight is 390 g/mol. The van der Waals surface area contributed by atoms with Crippen LogP contribution in [0.4, 0.5) is 22.1 Å². The lowest BCUT2D eigenvalue weighted by Crippen LogP contribution is -2.19. The van der Waals surface area contributed by atoms with Gasteiger partial charge in [-0.3, -0.25) is 5.32 Å². The lowest BCUT2D eigenvalue weighted by Gasteiger charge is -2.12. The molecule has 0 saturated heterocycles. The first kappa shape index (κ1) is 19.9. The maximum atomic E-state index is 12.3. The van der Waals surface area contributed by atoms with Crippen molar-refractivity contribution in [1.82, 2.24) is 15.1 Å². The Kier molecular flexibility index (Phi) is 5.79. The van der Waals surface area contributed by atoms with Crippen molar-refractivity contribution in [2.24, 2.45) is 0 Å². The van der Waals surface area contributed by atoms with E-state index in [1.54, 1.807) is 31.4 Å². The Bertz CT molecular complexity index is 1070. The van der Waals surface area contributed by atoms with Crippen LogP contribution in [-0.4, -0.2) is 28.2 Å². The van der Waals surface area contributed by atoms with Gasteiger partial charge in [0.25, 0.3) is 0 Å². The predicted octanol–water partition coefficient (Wildman–Crippen LogP) is 3.85. The van der Waals surface area contributed by atoms with E-state index in [0.29, 0.717) is 28.6 Å². The van der Waals surface area contributed by atoms with E-state index in [1.165, 1.54) is 6.33 Å². The van der Waals surface area contributed by atoms with Crippen LogP contribution < -0.4 is 16.0 Å². The summed E-state index contributed by atoms with van der Waals surface area (Å²) in [5, 5.41) is 12.3. The smallest absolute Gasteiger partial charge is 0.324 e. The zero-order valence-electron chi connectivity index (χ0n) is 16.7. The number of benzene rings is 1. The maximum Gasteiger partial charge on any atom is 0.324 e. The number of nitrogens with one attached hydrogen (secondary N) is 3. The summed E-state index contributed by atoms with van der Waals surface area (Å²) >= 11 is 0. The Morgan fingerprint density at radius 2 is 1.97 bits per heavy atom. The topological polar surface area (TPSA) is 105 Å². The molecule has 3 rings (SSSR count). The summed E-state index contributed by atoms with van der Waals surface area (Å²) in [5.74, 6) is 7.78. The summed E-state index contributed by atoms with van der Waals surface area (Å²) in [6, 6.07) is 8.51. The molecule has 29 heavy (non-hydrogen) atoms. The molecule has 0 aliphatic heterocycles. The van der Waals surface area contributed by atoms with Gasteiger partial charge in [0, 0.05) is 36.0 Å². The molecule has 0 fully saturated rings. The van der Waals surface area contributed by atoms with Crippen LogP contribution in [0.3, 0.4) is 0 Å². The van der Waals surface area contributed by atoms with E-state index in [-0.39, 0.29) is 5.41 Å². The molecule has 2 heterocycles. The molecular weight excluding hydrogens is 368 g/mol. The summed E-state index contributed by atoms with van der Waals surface area (Å²) in [4.78, 5) is 20.4. The molecule has 0 radical (unpaired) electrons. The second-order valence-corrected chi connectivity index (χ2v) is 7.27. The first-order valence-corrected chi connectivity index (χ1v) is 9.00. The lowest BCUT2D eigenvalue weighted by atomic mass is 9.93. The van der Waals surface area contributed by atoms with Gasteiger partial charge in [-0.05, 0) is 18.2 Å². The van der Waals surface area contributed by atoms with Gasteiger partial charge in [-0.25, -0.2) is 14.8 Å². The molecule has 0 bridgehead atoms. The third-order valence-electron chi connectivity index (χ3n) is 3.90. The van der Waals surface area contributed by atoms with Gasteiger partial charge in [0.2, 0.25) is 0 Å². The molecule has 0 unspecified atom stereocenters. The number of urea groups is 1. The van der Waals surface area contributed by atoms with E-state index in [2.05, 4.69) is 42.9 Å². The van der Waals surface area contributed by atoms with Crippen LogP contribution in [0.2, 0.25) is 0 Å². The van der Waals surface area contributed by atoms with Crippen molar-refractivity contribution in [1.29, 1.82) is 0 Å². The molecule has 0 aliphatic carbocycles. The van der Waals surface area contributed by atoms with Crippen molar-refractivity contribution in [2.75, 3.05) is 23.0 Å². The van der Waals surface area contributed by atoms with E-state index < -0.39 is 6.03 Å².